The van der Waals surface area contributed by atoms with Gasteiger partial charge in [0.25, 0.3) is 11.6 Å². The Kier molecular flexibility index (Phi) is 4.42. The van der Waals surface area contributed by atoms with E-state index in [2.05, 4.69) is 15.5 Å². The quantitative estimate of drug-likeness (QED) is 0.441. The molecule has 4 heterocycles. The van der Waals surface area contributed by atoms with Gasteiger partial charge in [-0.25, -0.2) is 4.98 Å². The highest BCUT2D eigenvalue weighted by atomic mass is 32.1. The number of carbonyl (C=O) groups excluding carboxylic acids is 1. The molecule has 0 atom stereocenters. The van der Waals surface area contributed by atoms with E-state index in [1.807, 2.05) is 47.8 Å². The maximum absolute atomic E-state index is 13.1. The second kappa shape index (κ2) is 7.37. The van der Waals surface area contributed by atoms with E-state index in [1.165, 1.54) is 0 Å². The molecular weight excluding hydrogens is 386 g/mol. The normalized spacial score (nSPS) is 11.0. The van der Waals surface area contributed by atoms with Gasteiger partial charge in [0.05, 0.1) is 23.8 Å². The lowest BCUT2D eigenvalue weighted by Crippen LogP contribution is -2.22. The van der Waals surface area contributed by atoms with Gasteiger partial charge in [-0.2, -0.15) is 0 Å². The van der Waals surface area contributed by atoms with E-state index < -0.39 is 0 Å². The Morgan fingerprint density at radius 1 is 1.07 bits per heavy atom. The van der Waals surface area contributed by atoms with Crippen molar-refractivity contribution >= 4 is 28.3 Å². The lowest BCUT2D eigenvalue weighted by atomic mass is 10.0. The lowest BCUT2D eigenvalue weighted by Gasteiger charge is -2.07. The van der Waals surface area contributed by atoms with E-state index in [0.29, 0.717) is 40.4 Å². The monoisotopic (exact) mass is 401 g/mol. The number of hydrogen-bond donors (Lipinski definition) is 1. The fraction of sp³-hybridized carbons (Fsp3) is 0.0455. The van der Waals surface area contributed by atoms with E-state index in [1.54, 1.807) is 35.8 Å². The average Bonchev–Trinajstić information content (AvgIpc) is 3.53. The van der Waals surface area contributed by atoms with Crippen molar-refractivity contribution in [3.05, 3.63) is 82.7 Å². The number of fused-ring (bicyclic) bond motifs is 1. The van der Waals surface area contributed by atoms with Crippen molar-refractivity contribution in [2.75, 3.05) is 0 Å². The minimum absolute atomic E-state index is 0.223. The topological polar surface area (TPSA) is 81.2 Å². The number of furan rings is 1. The van der Waals surface area contributed by atoms with Crippen LogP contribution in [-0.4, -0.2) is 16.0 Å². The zero-order valence-corrected chi connectivity index (χ0v) is 16.0. The summed E-state index contributed by atoms with van der Waals surface area (Å²) in [4.78, 5) is 18.7. The summed E-state index contributed by atoms with van der Waals surface area (Å²) >= 11 is 1.59. The summed E-state index contributed by atoms with van der Waals surface area (Å²) in [6.45, 7) is 0.447. The molecule has 0 saturated heterocycles. The number of hydrogen-bond acceptors (Lipinski definition) is 6. The third-order valence-electron chi connectivity index (χ3n) is 4.52. The maximum Gasteiger partial charge on any atom is 0.259 e. The van der Waals surface area contributed by atoms with E-state index in [0.717, 1.165) is 10.4 Å². The first kappa shape index (κ1) is 17.4. The Hall–Kier alpha value is -3.71. The van der Waals surface area contributed by atoms with Gasteiger partial charge in [0.1, 0.15) is 11.4 Å². The van der Waals surface area contributed by atoms with Gasteiger partial charge in [0, 0.05) is 10.4 Å². The number of aromatic nitrogens is 2. The minimum atomic E-state index is -0.223. The number of carbonyl (C=O) groups is 1. The van der Waals surface area contributed by atoms with Crippen LogP contribution in [0.2, 0.25) is 0 Å². The van der Waals surface area contributed by atoms with Gasteiger partial charge in [0.15, 0.2) is 5.76 Å². The summed E-state index contributed by atoms with van der Waals surface area (Å²) in [5.41, 5.74) is 2.68. The smallest absolute Gasteiger partial charge is 0.259 e. The standard InChI is InChI=1S/C22H15N3O3S/c26-21(23-13-15-8-5-11-29-15)16-12-17(18-9-4-10-27-18)24-22-19(16)20(25-28-22)14-6-2-1-3-7-14/h1-12H,13H2,(H,23,26). The third kappa shape index (κ3) is 3.32. The van der Waals surface area contributed by atoms with Gasteiger partial charge >= 0.3 is 0 Å². The molecule has 1 amide bonds. The number of nitrogens with zero attached hydrogens (tertiary/aromatic N) is 2. The van der Waals surface area contributed by atoms with E-state index in [4.69, 9.17) is 8.94 Å². The zero-order valence-electron chi connectivity index (χ0n) is 15.2. The molecule has 0 aliphatic rings. The van der Waals surface area contributed by atoms with Crippen molar-refractivity contribution in [2.24, 2.45) is 0 Å². The summed E-state index contributed by atoms with van der Waals surface area (Å²) < 4.78 is 11.0. The number of nitrogens with one attached hydrogen (secondary N) is 1. The molecule has 0 saturated carbocycles. The van der Waals surface area contributed by atoms with E-state index in [9.17, 15) is 4.79 Å². The molecule has 0 aliphatic heterocycles. The summed E-state index contributed by atoms with van der Waals surface area (Å²) in [7, 11) is 0. The largest absolute Gasteiger partial charge is 0.463 e. The lowest BCUT2D eigenvalue weighted by molar-refractivity contribution is 0.0953. The number of amides is 1. The molecule has 7 heteroatoms. The van der Waals surface area contributed by atoms with Crippen LogP contribution in [-0.2, 0) is 6.54 Å². The molecule has 0 unspecified atom stereocenters. The van der Waals surface area contributed by atoms with Gasteiger partial charge in [-0.05, 0) is 29.6 Å². The number of pyridine rings is 1. The van der Waals surface area contributed by atoms with Crippen molar-refractivity contribution in [1.82, 2.24) is 15.5 Å². The van der Waals surface area contributed by atoms with Crippen LogP contribution in [0.5, 0.6) is 0 Å². The molecule has 1 aromatic carbocycles. The highest BCUT2D eigenvalue weighted by Crippen LogP contribution is 2.32. The Morgan fingerprint density at radius 2 is 1.97 bits per heavy atom. The average molecular weight is 401 g/mol. The molecule has 0 spiro atoms. The number of rotatable bonds is 5. The Labute approximate surface area is 169 Å². The molecule has 142 valence electrons. The molecule has 0 aliphatic carbocycles. The summed E-state index contributed by atoms with van der Waals surface area (Å²) in [6, 6.07) is 18.8. The van der Waals surface area contributed by atoms with E-state index in [-0.39, 0.29) is 5.91 Å². The van der Waals surface area contributed by atoms with Crippen LogP contribution < -0.4 is 5.32 Å². The molecule has 4 aromatic heterocycles. The van der Waals surface area contributed by atoms with Crippen LogP contribution in [0.15, 0.2) is 81.2 Å². The maximum atomic E-state index is 13.1. The second-order valence-electron chi connectivity index (χ2n) is 6.37. The third-order valence-corrected chi connectivity index (χ3v) is 5.39. The molecule has 0 radical (unpaired) electrons. The highest BCUT2D eigenvalue weighted by Gasteiger charge is 2.22. The summed E-state index contributed by atoms with van der Waals surface area (Å²) in [5.74, 6) is 0.329. The Morgan fingerprint density at radius 3 is 2.72 bits per heavy atom. The number of thiophene rings is 1. The van der Waals surface area contributed by atoms with Crippen LogP contribution >= 0.6 is 11.3 Å². The molecule has 5 rings (SSSR count). The molecule has 0 fully saturated rings. The van der Waals surface area contributed by atoms with Crippen LogP contribution in [0.25, 0.3) is 33.8 Å². The van der Waals surface area contributed by atoms with Crippen LogP contribution in [0, 0.1) is 0 Å². The van der Waals surface area contributed by atoms with Crippen molar-refractivity contribution in [3.8, 4) is 22.7 Å². The van der Waals surface area contributed by atoms with Crippen LogP contribution in [0.1, 0.15) is 15.2 Å². The number of benzene rings is 1. The molecule has 1 N–H and O–H groups in total. The van der Waals surface area contributed by atoms with Gasteiger partial charge in [-0.1, -0.05) is 41.6 Å². The summed E-state index contributed by atoms with van der Waals surface area (Å²) in [6.07, 6.45) is 1.56. The van der Waals surface area contributed by atoms with Gasteiger partial charge < -0.3 is 14.3 Å². The van der Waals surface area contributed by atoms with Crippen molar-refractivity contribution in [3.63, 3.8) is 0 Å². The molecular formula is C22H15N3O3S. The van der Waals surface area contributed by atoms with Crippen molar-refractivity contribution in [1.29, 1.82) is 0 Å². The molecule has 5 aromatic rings. The van der Waals surface area contributed by atoms with E-state index >= 15 is 0 Å². The molecule has 6 nitrogen and oxygen atoms in total. The first-order chi connectivity index (χ1) is 14.3. The fourth-order valence-electron chi connectivity index (χ4n) is 3.15. The zero-order chi connectivity index (χ0) is 19.6. The van der Waals surface area contributed by atoms with Gasteiger partial charge in [0.2, 0.25) is 0 Å². The molecule has 0 bridgehead atoms. The van der Waals surface area contributed by atoms with Gasteiger partial charge in [-0.3, -0.25) is 4.79 Å². The predicted molar refractivity (Wildman–Crippen MR) is 110 cm³/mol. The van der Waals surface area contributed by atoms with Crippen molar-refractivity contribution in [2.45, 2.75) is 6.54 Å². The first-order valence-electron chi connectivity index (χ1n) is 9.00. The van der Waals surface area contributed by atoms with Gasteiger partial charge in [-0.15, -0.1) is 11.3 Å². The predicted octanol–water partition coefficient (Wildman–Crippen LogP) is 5.14. The van der Waals surface area contributed by atoms with Crippen LogP contribution in [0.3, 0.4) is 0 Å². The van der Waals surface area contributed by atoms with Crippen molar-refractivity contribution < 1.29 is 13.7 Å². The highest BCUT2D eigenvalue weighted by molar-refractivity contribution is 7.09. The Bertz CT molecular complexity index is 1260. The summed E-state index contributed by atoms with van der Waals surface area (Å²) in [5, 5.41) is 9.73. The Balaban J connectivity index is 1.63. The first-order valence-corrected chi connectivity index (χ1v) is 9.88. The fourth-order valence-corrected chi connectivity index (χ4v) is 3.79. The van der Waals surface area contributed by atoms with Crippen LogP contribution in [0.4, 0.5) is 0 Å². The molecule has 29 heavy (non-hydrogen) atoms. The second-order valence-corrected chi connectivity index (χ2v) is 7.40. The SMILES string of the molecule is O=C(NCc1cccs1)c1cc(-c2ccco2)nc2onc(-c3ccccc3)c12. The minimum Gasteiger partial charge on any atom is -0.463 e.